The Hall–Kier alpha value is -1.13. The van der Waals surface area contributed by atoms with E-state index in [1.807, 2.05) is 6.07 Å². The minimum atomic E-state index is -0.231. The summed E-state index contributed by atoms with van der Waals surface area (Å²) in [6.45, 7) is 1.59. The highest BCUT2D eigenvalue weighted by Gasteiger charge is 2.25. The van der Waals surface area contributed by atoms with Crippen LogP contribution in [-0.2, 0) is 6.54 Å². The summed E-state index contributed by atoms with van der Waals surface area (Å²) in [6.07, 6.45) is 4.09. The second-order valence-electron chi connectivity index (χ2n) is 4.83. The molecule has 3 nitrogen and oxygen atoms in total. The van der Waals surface area contributed by atoms with Crippen LogP contribution in [0.1, 0.15) is 31.2 Å². The Balaban J connectivity index is 2.18. The van der Waals surface area contributed by atoms with Gasteiger partial charge in [0, 0.05) is 31.4 Å². The highest BCUT2D eigenvalue weighted by Crippen LogP contribution is 2.31. The standard InChI is InChI=1S/C14H21FN2O/c15-12-5-6-14(11(9-12)10-16)17-7-1-3-13(17)4-2-8-18/h5-6,9,13,18H,1-4,7-8,10,16H2. The molecule has 1 aromatic rings. The Morgan fingerprint density at radius 1 is 1.44 bits per heavy atom. The zero-order valence-electron chi connectivity index (χ0n) is 10.6. The Morgan fingerprint density at radius 2 is 2.28 bits per heavy atom. The van der Waals surface area contributed by atoms with Gasteiger partial charge in [-0.05, 0) is 49.4 Å². The number of hydrogen-bond acceptors (Lipinski definition) is 3. The van der Waals surface area contributed by atoms with Crippen LogP contribution >= 0.6 is 0 Å². The molecular weight excluding hydrogens is 231 g/mol. The van der Waals surface area contributed by atoms with Crippen LogP contribution in [0, 0.1) is 5.82 Å². The topological polar surface area (TPSA) is 49.5 Å². The van der Waals surface area contributed by atoms with Gasteiger partial charge in [0.2, 0.25) is 0 Å². The van der Waals surface area contributed by atoms with Crippen molar-refractivity contribution in [1.82, 2.24) is 0 Å². The molecule has 1 aliphatic heterocycles. The largest absolute Gasteiger partial charge is 0.396 e. The lowest BCUT2D eigenvalue weighted by molar-refractivity contribution is 0.279. The van der Waals surface area contributed by atoms with E-state index in [4.69, 9.17) is 10.8 Å². The fourth-order valence-electron chi connectivity index (χ4n) is 2.78. The Morgan fingerprint density at radius 3 is 3.00 bits per heavy atom. The van der Waals surface area contributed by atoms with E-state index in [9.17, 15) is 4.39 Å². The summed E-state index contributed by atoms with van der Waals surface area (Å²) >= 11 is 0. The third-order valence-electron chi connectivity index (χ3n) is 3.64. The van der Waals surface area contributed by atoms with Crippen LogP contribution in [0.5, 0.6) is 0 Å². The average Bonchev–Trinajstić information content (AvgIpc) is 2.84. The van der Waals surface area contributed by atoms with E-state index >= 15 is 0 Å². The number of nitrogens with two attached hydrogens (primary N) is 1. The molecule has 1 fully saturated rings. The molecule has 0 bridgehead atoms. The predicted octanol–water partition coefficient (Wildman–Crippen LogP) is 2.03. The van der Waals surface area contributed by atoms with Gasteiger partial charge in [-0.25, -0.2) is 4.39 Å². The first-order chi connectivity index (χ1) is 8.76. The van der Waals surface area contributed by atoms with Crippen LogP contribution in [0.4, 0.5) is 10.1 Å². The number of nitrogens with zero attached hydrogens (tertiary/aromatic N) is 1. The fraction of sp³-hybridized carbons (Fsp3) is 0.571. The van der Waals surface area contributed by atoms with Crippen molar-refractivity contribution in [2.45, 2.75) is 38.3 Å². The van der Waals surface area contributed by atoms with Crippen molar-refractivity contribution in [2.24, 2.45) is 5.73 Å². The third-order valence-corrected chi connectivity index (χ3v) is 3.64. The fourth-order valence-corrected chi connectivity index (χ4v) is 2.78. The number of benzene rings is 1. The molecule has 4 heteroatoms. The smallest absolute Gasteiger partial charge is 0.123 e. The van der Waals surface area contributed by atoms with Gasteiger partial charge in [-0.15, -0.1) is 0 Å². The van der Waals surface area contributed by atoms with Crippen molar-refractivity contribution >= 4 is 5.69 Å². The van der Waals surface area contributed by atoms with Crippen molar-refractivity contribution < 1.29 is 9.50 Å². The molecular formula is C14H21FN2O. The summed E-state index contributed by atoms with van der Waals surface area (Å²) in [5, 5.41) is 8.93. The van der Waals surface area contributed by atoms with E-state index in [2.05, 4.69) is 4.90 Å². The molecule has 3 N–H and O–H groups in total. The lowest BCUT2D eigenvalue weighted by atomic mass is 10.1. The van der Waals surface area contributed by atoms with Gasteiger partial charge in [-0.2, -0.15) is 0 Å². The van der Waals surface area contributed by atoms with Crippen LogP contribution in [0.2, 0.25) is 0 Å². The minimum absolute atomic E-state index is 0.231. The molecule has 1 saturated heterocycles. The molecule has 1 heterocycles. The summed E-state index contributed by atoms with van der Waals surface area (Å²) in [6, 6.07) is 5.30. The van der Waals surface area contributed by atoms with E-state index in [-0.39, 0.29) is 12.4 Å². The van der Waals surface area contributed by atoms with Crippen molar-refractivity contribution in [3.63, 3.8) is 0 Å². The first-order valence-electron chi connectivity index (χ1n) is 6.62. The van der Waals surface area contributed by atoms with Crippen molar-refractivity contribution in [1.29, 1.82) is 0 Å². The lowest BCUT2D eigenvalue weighted by Gasteiger charge is -2.28. The van der Waals surface area contributed by atoms with Crippen molar-refractivity contribution in [3.05, 3.63) is 29.6 Å². The van der Waals surface area contributed by atoms with Gasteiger partial charge in [0.25, 0.3) is 0 Å². The van der Waals surface area contributed by atoms with Gasteiger partial charge in [0.05, 0.1) is 0 Å². The van der Waals surface area contributed by atoms with E-state index in [1.165, 1.54) is 12.1 Å². The first-order valence-corrected chi connectivity index (χ1v) is 6.62. The quantitative estimate of drug-likeness (QED) is 0.843. The number of rotatable bonds is 5. The number of anilines is 1. The van der Waals surface area contributed by atoms with Gasteiger partial charge in [-0.3, -0.25) is 0 Å². The molecule has 1 aromatic carbocycles. The van der Waals surface area contributed by atoms with Crippen LogP contribution in [0.25, 0.3) is 0 Å². The zero-order chi connectivity index (χ0) is 13.0. The van der Waals surface area contributed by atoms with Crippen LogP contribution < -0.4 is 10.6 Å². The zero-order valence-corrected chi connectivity index (χ0v) is 10.6. The highest BCUT2D eigenvalue weighted by atomic mass is 19.1. The molecule has 0 saturated carbocycles. The molecule has 0 aliphatic carbocycles. The van der Waals surface area contributed by atoms with Gasteiger partial charge < -0.3 is 15.7 Å². The summed E-state index contributed by atoms with van der Waals surface area (Å²) < 4.78 is 13.2. The van der Waals surface area contributed by atoms with Gasteiger partial charge in [-0.1, -0.05) is 0 Å². The van der Waals surface area contributed by atoms with E-state index in [1.54, 1.807) is 0 Å². The van der Waals surface area contributed by atoms with Gasteiger partial charge in [0.15, 0.2) is 0 Å². The van der Waals surface area contributed by atoms with Crippen molar-refractivity contribution in [2.75, 3.05) is 18.1 Å². The summed E-state index contributed by atoms with van der Waals surface area (Å²) in [7, 11) is 0. The third kappa shape index (κ3) is 2.82. The molecule has 0 radical (unpaired) electrons. The molecule has 0 aromatic heterocycles. The second-order valence-corrected chi connectivity index (χ2v) is 4.83. The second kappa shape index (κ2) is 6.16. The predicted molar refractivity (Wildman–Crippen MR) is 71.0 cm³/mol. The molecule has 1 unspecified atom stereocenters. The van der Waals surface area contributed by atoms with Gasteiger partial charge in [0.1, 0.15) is 5.82 Å². The summed E-state index contributed by atoms with van der Waals surface area (Å²) in [4.78, 5) is 2.32. The maximum absolute atomic E-state index is 13.2. The lowest BCUT2D eigenvalue weighted by Crippen LogP contribution is -2.30. The SMILES string of the molecule is NCc1cc(F)ccc1N1CCCC1CCCO. The highest BCUT2D eigenvalue weighted by molar-refractivity contribution is 5.55. The molecule has 0 spiro atoms. The van der Waals surface area contributed by atoms with E-state index < -0.39 is 0 Å². The molecule has 2 rings (SSSR count). The average molecular weight is 252 g/mol. The monoisotopic (exact) mass is 252 g/mol. The summed E-state index contributed by atoms with van der Waals surface area (Å²) in [5.74, 6) is -0.231. The minimum Gasteiger partial charge on any atom is -0.396 e. The maximum atomic E-state index is 13.2. The summed E-state index contributed by atoms with van der Waals surface area (Å²) in [5.41, 5.74) is 7.62. The first kappa shape index (κ1) is 13.3. The molecule has 1 atom stereocenters. The van der Waals surface area contributed by atoms with E-state index in [0.717, 1.165) is 43.5 Å². The number of halogens is 1. The number of aliphatic hydroxyl groups is 1. The molecule has 1 aliphatic rings. The van der Waals surface area contributed by atoms with Crippen molar-refractivity contribution in [3.8, 4) is 0 Å². The number of aliphatic hydroxyl groups excluding tert-OH is 1. The Bertz CT molecular complexity index is 397. The molecule has 18 heavy (non-hydrogen) atoms. The normalized spacial score (nSPS) is 19.5. The molecule has 0 amide bonds. The number of hydrogen-bond donors (Lipinski definition) is 2. The van der Waals surface area contributed by atoms with Crippen LogP contribution in [0.3, 0.4) is 0 Å². The Labute approximate surface area is 107 Å². The maximum Gasteiger partial charge on any atom is 0.123 e. The molecule has 100 valence electrons. The van der Waals surface area contributed by atoms with Crippen LogP contribution in [0.15, 0.2) is 18.2 Å². The van der Waals surface area contributed by atoms with Gasteiger partial charge >= 0.3 is 0 Å². The van der Waals surface area contributed by atoms with Crippen LogP contribution in [-0.4, -0.2) is 24.3 Å². The Kier molecular flexibility index (Phi) is 4.55. The van der Waals surface area contributed by atoms with E-state index in [0.29, 0.717) is 12.6 Å².